The zero-order valence-corrected chi connectivity index (χ0v) is 14.7. The number of nitrogens with zero attached hydrogens (tertiary/aromatic N) is 2. The lowest BCUT2D eigenvalue weighted by Gasteiger charge is -2.31. The lowest BCUT2D eigenvalue weighted by Crippen LogP contribution is -2.43. The summed E-state index contributed by atoms with van der Waals surface area (Å²) >= 11 is 1.54. The Morgan fingerprint density at radius 3 is 2.96 bits per heavy atom. The van der Waals surface area contributed by atoms with Crippen molar-refractivity contribution >= 4 is 27.5 Å². The second-order valence-electron chi connectivity index (χ2n) is 5.88. The Morgan fingerprint density at radius 1 is 1.28 bits per heavy atom. The third-order valence-electron chi connectivity index (χ3n) is 4.24. The van der Waals surface area contributed by atoms with E-state index >= 15 is 0 Å². The van der Waals surface area contributed by atoms with Crippen molar-refractivity contribution in [3.63, 3.8) is 0 Å². The Balaban J connectivity index is 1.49. The first-order chi connectivity index (χ1) is 12.2. The van der Waals surface area contributed by atoms with E-state index in [1.54, 1.807) is 10.4 Å². The van der Waals surface area contributed by atoms with Gasteiger partial charge in [0, 0.05) is 12.1 Å². The normalized spacial score (nSPS) is 16.0. The molecule has 0 fully saturated rings. The van der Waals surface area contributed by atoms with Crippen molar-refractivity contribution in [3.8, 4) is 11.5 Å². The summed E-state index contributed by atoms with van der Waals surface area (Å²) in [7, 11) is 0. The van der Waals surface area contributed by atoms with Crippen molar-refractivity contribution in [2.45, 2.75) is 13.0 Å². The number of rotatable bonds is 4. The zero-order chi connectivity index (χ0) is 17.2. The van der Waals surface area contributed by atoms with Crippen LogP contribution in [0.3, 0.4) is 0 Å². The van der Waals surface area contributed by atoms with Crippen molar-refractivity contribution in [1.29, 1.82) is 0 Å². The van der Waals surface area contributed by atoms with Gasteiger partial charge in [-0.05, 0) is 37.3 Å². The molecular formula is C19H18N2O3S. The highest BCUT2D eigenvalue weighted by Gasteiger charge is 2.25. The molecule has 0 saturated heterocycles. The van der Waals surface area contributed by atoms with Gasteiger partial charge in [-0.25, -0.2) is 4.98 Å². The predicted molar refractivity (Wildman–Crippen MR) is 97.6 cm³/mol. The first-order valence-corrected chi connectivity index (χ1v) is 9.13. The van der Waals surface area contributed by atoms with E-state index in [1.807, 2.05) is 49.4 Å². The van der Waals surface area contributed by atoms with Crippen molar-refractivity contribution in [2.24, 2.45) is 0 Å². The van der Waals surface area contributed by atoms with Crippen LogP contribution in [-0.4, -0.2) is 41.6 Å². The number of aromatic nitrogens is 1. The van der Waals surface area contributed by atoms with E-state index in [0.29, 0.717) is 25.3 Å². The quantitative estimate of drug-likeness (QED) is 0.718. The summed E-state index contributed by atoms with van der Waals surface area (Å²) < 4.78 is 12.7. The Kier molecular flexibility index (Phi) is 4.28. The van der Waals surface area contributed by atoms with Crippen molar-refractivity contribution < 1.29 is 14.3 Å². The van der Waals surface area contributed by atoms with Crippen molar-refractivity contribution in [3.05, 3.63) is 53.5 Å². The molecule has 25 heavy (non-hydrogen) atoms. The zero-order valence-electron chi connectivity index (χ0n) is 13.8. The predicted octanol–water partition coefficient (Wildman–Crippen LogP) is 3.60. The standard InChI is InChI=1S/C19H18N2O3S/c1-2-21(10-14-11-23-16-5-3-4-6-17(16)24-14)19(22)13-7-8-15-18(9-13)25-12-20-15/h3-9,12,14H,2,10-11H2,1H3. The van der Waals surface area contributed by atoms with Gasteiger partial charge in [0.15, 0.2) is 17.6 Å². The lowest BCUT2D eigenvalue weighted by atomic mass is 10.1. The highest BCUT2D eigenvalue weighted by Crippen LogP contribution is 2.31. The second-order valence-corrected chi connectivity index (χ2v) is 6.76. The summed E-state index contributed by atoms with van der Waals surface area (Å²) in [4.78, 5) is 18.9. The van der Waals surface area contributed by atoms with Crippen LogP contribution in [-0.2, 0) is 0 Å². The van der Waals surface area contributed by atoms with Crippen LogP contribution in [0.1, 0.15) is 17.3 Å². The van der Waals surface area contributed by atoms with Gasteiger partial charge in [0.25, 0.3) is 5.91 Å². The van der Waals surface area contributed by atoms with E-state index in [2.05, 4.69) is 4.98 Å². The molecule has 1 atom stereocenters. The fraction of sp³-hybridized carbons (Fsp3) is 0.263. The minimum atomic E-state index is -0.175. The molecule has 2 heterocycles. The smallest absolute Gasteiger partial charge is 0.254 e. The SMILES string of the molecule is CCN(CC1COc2ccccc2O1)C(=O)c1ccc2ncsc2c1. The number of carbonyl (C=O) groups excluding carboxylic acids is 1. The van der Waals surface area contributed by atoms with Crippen LogP contribution in [0.2, 0.25) is 0 Å². The fourth-order valence-corrected chi connectivity index (χ4v) is 3.64. The third kappa shape index (κ3) is 3.17. The van der Waals surface area contributed by atoms with Crippen LogP contribution in [0.5, 0.6) is 11.5 Å². The summed E-state index contributed by atoms with van der Waals surface area (Å²) in [6, 6.07) is 13.2. The maximum absolute atomic E-state index is 12.9. The summed E-state index contributed by atoms with van der Waals surface area (Å²) in [6.07, 6.45) is -0.175. The molecule has 3 aromatic rings. The van der Waals surface area contributed by atoms with Gasteiger partial charge in [-0.1, -0.05) is 12.1 Å². The maximum Gasteiger partial charge on any atom is 0.254 e. The number of likely N-dealkylation sites (N-methyl/N-ethyl adjacent to an activating group) is 1. The number of hydrogen-bond donors (Lipinski definition) is 0. The van der Waals surface area contributed by atoms with Gasteiger partial charge in [0.2, 0.25) is 0 Å². The molecule has 128 valence electrons. The van der Waals surface area contributed by atoms with E-state index in [1.165, 1.54) is 11.3 Å². The van der Waals surface area contributed by atoms with E-state index < -0.39 is 0 Å². The minimum absolute atomic E-state index is 0.000239. The molecule has 1 aliphatic rings. The van der Waals surface area contributed by atoms with E-state index in [4.69, 9.17) is 9.47 Å². The number of benzene rings is 2. The second kappa shape index (κ2) is 6.72. The van der Waals surface area contributed by atoms with Gasteiger partial charge >= 0.3 is 0 Å². The van der Waals surface area contributed by atoms with Crippen LogP contribution in [0.15, 0.2) is 48.0 Å². The van der Waals surface area contributed by atoms with Gasteiger partial charge in [-0.15, -0.1) is 11.3 Å². The molecule has 1 aromatic heterocycles. The molecule has 6 heteroatoms. The molecule has 0 spiro atoms. The largest absolute Gasteiger partial charge is 0.486 e. The van der Waals surface area contributed by atoms with Crippen LogP contribution in [0, 0.1) is 0 Å². The molecule has 1 amide bonds. The van der Waals surface area contributed by atoms with Gasteiger partial charge in [0.05, 0.1) is 22.3 Å². The van der Waals surface area contributed by atoms with Crippen LogP contribution >= 0.6 is 11.3 Å². The lowest BCUT2D eigenvalue weighted by molar-refractivity contribution is 0.0475. The number of amides is 1. The summed E-state index contributed by atoms with van der Waals surface area (Å²) in [5, 5.41) is 0. The van der Waals surface area contributed by atoms with Gasteiger partial charge in [-0.3, -0.25) is 4.79 Å². The molecule has 0 bridgehead atoms. The average molecular weight is 354 g/mol. The monoisotopic (exact) mass is 354 g/mol. The number of ether oxygens (including phenoxy) is 2. The Hall–Kier alpha value is -2.60. The molecule has 0 radical (unpaired) electrons. The van der Waals surface area contributed by atoms with E-state index in [-0.39, 0.29) is 12.0 Å². The Labute approximate surface area is 149 Å². The van der Waals surface area contributed by atoms with Gasteiger partial charge in [0.1, 0.15) is 6.61 Å². The number of hydrogen-bond acceptors (Lipinski definition) is 5. The molecule has 0 saturated carbocycles. The van der Waals surface area contributed by atoms with Crippen LogP contribution in [0.4, 0.5) is 0 Å². The first kappa shape index (κ1) is 15.9. The Morgan fingerprint density at radius 2 is 2.12 bits per heavy atom. The molecular weight excluding hydrogens is 336 g/mol. The molecule has 5 nitrogen and oxygen atoms in total. The topological polar surface area (TPSA) is 51.7 Å². The minimum Gasteiger partial charge on any atom is -0.486 e. The molecule has 2 aromatic carbocycles. The number of fused-ring (bicyclic) bond motifs is 2. The first-order valence-electron chi connectivity index (χ1n) is 8.25. The fourth-order valence-electron chi connectivity index (χ4n) is 2.93. The van der Waals surface area contributed by atoms with Gasteiger partial charge in [-0.2, -0.15) is 0 Å². The third-order valence-corrected chi connectivity index (χ3v) is 5.03. The van der Waals surface area contributed by atoms with E-state index in [0.717, 1.165) is 21.7 Å². The highest BCUT2D eigenvalue weighted by atomic mass is 32.1. The molecule has 1 unspecified atom stereocenters. The summed E-state index contributed by atoms with van der Waals surface area (Å²) in [6.45, 7) is 3.51. The maximum atomic E-state index is 12.9. The summed E-state index contributed by atoms with van der Waals surface area (Å²) in [5.41, 5.74) is 3.39. The number of para-hydroxylation sites is 2. The highest BCUT2D eigenvalue weighted by molar-refractivity contribution is 7.16. The van der Waals surface area contributed by atoms with Gasteiger partial charge < -0.3 is 14.4 Å². The van der Waals surface area contributed by atoms with Crippen LogP contribution < -0.4 is 9.47 Å². The average Bonchev–Trinajstić information content (AvgIpc) is 3.13. The number of thiazole rings is 1. The van der Waals surface area contributed by atoms with Crippen LogP contribution in [0.25, 0.3) is 10.2 Å². The molecule has 1 aliphatic heterocycles. The molecule has 4 rings (SSSR count). The molecule has 0 aliphatic carbocycles. The Bertz CT molecular complexity index is 908. The van der Waals surface area contributed by atoms with Crippen molar-refractivity contribution in [1.82, 2.24) is 9.88 Å². The van der Waals surface area contributed by atoms with E-state index in [9.17, 15) is 4.79 Å². The molecule has 0 N–H and O–H groups in total. The summed E-state index contributed by atoms with van der Waals surface area (Å²) in [5.74, 6) is 1.48. The number of carbonyl (C=O) groups is 1. The van der Waals surface area contributed by atoms with Crippen molar-refractivity contribution in [2.75, 3.05) is 19.7 Å².